The van der Waals surface area contributed by atoms with E-state index in [2.05, 4.69) is 10.3 Å². The van der Waals surface area contributed by atoms with E-state index in [1.165, 1.54) is 0 Å². The van der Waals surface area contributed by atoms with Crippen molar-refractivity contribution in [2.24, 2.45) is 5.41 Å². The number of hydrogen-bond acceptors (Lipinski definition) is 4. The zero-order valence-corrected chi connectivity index (χ0v) is 17.6. The van der Waals surface area contributed by atoms with Crippen LogP contribution in [0.15, 0.2) is 54.7 Å². The number of ketones is 1. The summed E-state index contributed by atoms with van der Waals surface area (Å²) in [7, 11) is 0. The molecule has 6 nitrogen and oxygen atoms in total. The van der Waals surface area contributed by atoms with Crippen molar-refractivity contribution in [2.45, 2.75) is 40.2 Å². The Morgan fingerprint density at radius 1 is 1.03 bits per heavy atom. The number of benzene rings is 2. The highest BCUT2D eigenvalue weighted by atomic mass is 16.5. The summed E-state index contributed by atoms with van der Waals surface area (Å²) in [5.74, 6) is -0.869. The van der Waals surface area contributed by atoms with Gasteiger partial charge in [-0.25, -0.2) is 0 Å². The zero-order chi connectivity index (χ0) is 21.9. The Balaban J connectivity index is 1.59. The predicted molar refractivity (Wildman–Crippen MR) is 116 cm³/mol. The second-order valence-corrected chi connectivity index (χ2v) is 8.31. The van der Waals surface area contributed by atoms with Gasteiger partial charge in [-0.1, -0.05) is 39.0 Å². The molecule has 1 heterocycles. The van der Waals surface area contributed by atoms with Gasteiger partial charge in [-0.2, -0.15) is 0 Å². The van der Waals surface area contributed by atoms with Crippen molar-refractivity contribution >= 4 is 34.3 Å². The molecule has 3 rings (SSSR count). The van der Waals surface area contributed by atoms with Crippen molar-refractivity contribution in [3.63, 3.8) is 0 Å². The summed E-state index contributed by atoms with van der Waals surface area (Å²) < 4.78 is 5.36. The minimum Gasteiger partial charge on any atom is -0.454 e. The Morgan fingerprint density at radius 2 is 1.70 bits per heavy atom. The molecule has 0 spiro atoms. The lowest BCUT2D eigenvalue weighted by molar-refractivity contribution is -0.145. The number of rotatable bonds is 6. The summed E-state index contributed by atoms with van der Waals surface area (Å²) in [4.78, 5) is 40.1. The third-order valence-corrected chi connectivity index (χ3v) is 4.80. The maximum Gasteiger partial charge on any atom is 0.311 e. The van der Waals surface area contributed by atoms with Gasteiger partial charge in [-0.05, 0) is 42.8 Å². The van der Waals surface area contributed by atoms with E-state index in [9.17, 15) is 14.4 Å². The summed E-state index contributed by atoms with van der Waals surface area (Å²) in [6.07, 6.45) is 0.959. The summed E-state index contributed by atoms with van der Waals surface area (Å²) in [6.45, 7) is 7.04. The van der Waals surface area contributed by atoms with Crippen molar-refractivity contribution in [3.05, 3.63) is 65.9 Å². The number of carbonyl (C=O) groups is 3. The van der Waals surface area contributed by atoms with Crippen LogP contribution in [0.2, 0.25) is 0 Å². The minimum absolute atomic E-state index is 0.0827. The van der Waals surface area contributed by atoms with Crippen LogP contribution in [-0.4, -0.2) is 28.7 Å². The Bertz CT molecular complexity index is 1070. The molecule has 0 aliphatic heterocycles. The summed E-state index contributed by atoms with van der Waals surface area (Å²) in [5.41, 5.74) is 2.28. The van der Waals surface area contributed by atoms with Gasteiger partial charge in [0, 0.05) is 33.8 Å². The quantitative estimate of drug-likeness (QED) is 0.466. The number of carbonyl (C=O) groups excluding carboxylic acids is 3. The predicted octanol–water partition coefficient (Wildman–Crippen LogP) is 4.51. The molecule has 156 valence electrons. The van der Waals surface area contributed by atoms with Crippen LogP contribution < -0.4 is 5.32 Å². The van der Waals surface area contributed by atoms with Crippen molar-refractivity contribution < 1.29 is 19.1 Å². The van der Waals surface area contributed by atoms with E-state index < -0.39 is 17.5 Å². The highest BCUT2D eigenvalue weighted by molar-refractivity contribution is 6.01. The van der Waals surface area contributed by atoms with Crippen molar-refractivity contribution in [3.8, 4) is 0 Å². The van der Waals surface area contributed by atoms with Gasteiger partial charge in [0.25, 0.3) is 0 Å². The van der Waals surface area contributed by atoms with E-state index in [0.717, 1.165) is 16.5 Å². The van der Waals surface area contributed by atoms with Crippen LogP contribution in [0, 0.1) is 5.41 Å². The summed E-state index contributed by atoms with van der Waals surface area (Å²) >= 11 is 0. The van der Waals surface area contributed by atoms with Crippen LogP contribution >= 0.6 is 0 Å². The SMILES string of the molecule is C[C@@H](OC(=O)Cc1c[nH]c2ccccc12)C(=O)c1ccc(NC(=O)C(C)(C)C)cc1. The minimum atomic E-state index is -0.905. The van der Waals surface area contributed by atoms with Crippen LogP contribution in [-0.2, 0) is 20.7 Å². The lowest BCUT2D eigenvalue weighted by atomic mass is 9.95. The van der Waals surface area contributed by atoms with Gasteiger partial charge in [-0.3, -0.25) is 14.4 Å². The van der Waals surface area contributed by atoms with Crippen molar-refractivity contribution in [2.75, 3.05) is 5.32 Å². The maximum absolute atomic E-state index is 12.6. The number of esters is 1. The zero-order valence-electron chi connectivity index (χ0n) is 17.6. The molecule has 2 aromatic carbocycles. The number of nitrogens with one attached hydrogen (secondary N) is 2. The van der Waals surface area contributed by atoms with E-state index >= 15 is 0 Å². The van der Waals surface area contributed by atoms with Crippen molar-refractivity contribution in [1.82, 2.24) is 4.98 Å². The largest absolute Gasteiger partial charge is 0.454 e. The van der Waals surface area contributed by atoms with E-state index in [-0.39, 0.29) is 18.1 Å². The molecular formula is C24H26N2O4. The third-order valence-electron chi connectivity index (χ3n) is 4.80. The van der Waals surface area contributed by atoms with Gasteiger partial charge in [0.15, 0.2) is 6.10 Å². The number of aromatic amines is 1. The summed E-state index contributed by atoms with van der Waals surface area (Å²) in [6, 6.07) is 14.3. The molecule has 2 N–H and O–H groups in total. The second-order valence-electron chi connectivity index (χ2n) is 8.31. The topological polar surface area (TPSA) is 88.3 Å². The number of amides is 1. The number of para-hydroxylation sites is 1. The van der Waals surface area contributed by atoms with E-state index in [1.54, 1.807) is 37.4 Å². The molecule has 1 amide bonds. The standard InChI is InChI=1S/C24H26N2O4/c1-15(30-21(27)13-17-14-25-20-8-6-5-7-19(17)20)22(28)16-9-11-18(12-10-16)26-23(29)24(2,3)4/h5-12,14-15,25H,13H2,1-4H3,(H,26,29)/t15-/m1/s1. The average Bonchev–Trinajstić information content (AvgIpc) is 3.10. The van der Waals surface area contributed by atoms with E-state index in [0.29, 0.717) is 11.3 Å². The van der Waals surface area contributed by atoms with Gasteiger partial charge in [0.1, 0.15) is 0 Å². The molecule has 1 atom stereocenters. The lowest BCUT2D eigenvalue weighted by Gasteiger charge is -2.18. The van der Waals surface area contributed by atoms with Gasteiger partial charge in [0.05, 0.1) is 6.42 Å². The van der Waals surface area contributed by atoms with Gasteiger partial charge < -0.3 is 15.0 Å². The van der Waals surface area contributed by atoms with Gasteiger partial charge in [0.2, 0.25) is 11.7 Å². The fraction of sp³-hybridized carbons (Fsp3) is 0.292. The molecule has 0 aliphatic carbocycles. The van der Waals surface area contributed by atoms with Crippen LogP contribution in [0.1, 0.15) is 43.6 Å². The first kappa shape index (κ1) is 21.3. The summed E-state index contributed by atoms with van der Waals surface area (Å²) in [5, 5.41) is 3.77. The molecule has 0 bridgehead atoms. The Morgan fingerprint density at radius 3 is 2.37 bits per heavy atom. The number of hydrogen-bond donors (Lipinski definition) is 2. The molecule has 0 fully saturated rings. The van der Waals surface area contributed by atoms with Crippen LogP contribution in [0.3, 0.4) is 0 Å². The maximum atomic E-state index is 12.6. The number of anilines is 1. The first-order valence-corrected chi connectivity index (χ1v) is 9.85. The third kappa shape index (κ3) is 4.95. The Hall–Kier alpha value is -3.41. The van der Waals surface area contributed by atoms with Crippen LogP contribution in [0.25, 0.3) is 10.9 Å². The Labute approximate surface area is 175 Å². The molecule has 3 aromatic rings. The average molecular weight is 406 g/mol. The van der Waals surface area contributed by atoms with E-state index in [4.69, 9.17) is 4.74 Å². The molecule has 0 radical (unpaired) electrons. The fourth-order valence-electron chi connectivity index (χ4n) is 3.00. The fourth-order valence-corrected chi connectivity index (χ4v) is 3.00. The van der Waals surface area contributed by atoms with Gasteiger partial charge >= 0.3 is 5.97 Å². The number of Topliss-reactive ketones (excluding diaryl/α,β-unsaturated/α-hetero) is 1. The monoisotopic (exact) mass is 406 g/mol. The normalized spacial score (nSPS) is 12.4. The van der Waals surface area contributed by atoms with Crippen LogP contribution in [0.4, 0.5) is 5.69 Å². The first-order valence-electron chi connectivity index (χ1n) is 9.85. The Kier molecular flexibility index (Phi) is 6.06. The molecule has 6 heteroatoms. The second kappa shape index (κ2) is 8.53. The molecule has 0 unspecified atom stereocenters. The van der Waals surface area contributed by atoms with Crippen LogP contribution in [0.5, 0.6) is 0 Å². The molecule has 0 saturated carbocycles. The lowest BCUT2D eigenvalue weighted by Crippen LogP contribution is -2.27. The first-order chi connectivity index (χ1) is 14.1. The molecular weight excluding hydrogens is 380 g/mol. The highest BCUT2D eigenvalue weighted by Gasteiger charge is 2.22. The molecule has 0 saturated heterocycles. The number of H-pyrrole nitrogens is 1. The molecule has 30 heavy (non-hydrogen) atoms. The van der Waals surface area contributed by atoms with Gasteiger partial charge in [-0.15, -0.1) is 0 Å². The van der Waals surface area contributed by atoms with E-state index in [1.807, 2.05) is 45.0 Å². The number of aromatic nitrogens is 1. The molecule has 0 aliphatic rings. The smallest absolute Gasteiger partial charge is 0.311 e. The van der Waals surface area contributed by atoms with Crippen molar-refractivity contribution in [1.29, 1.82) is 0 Å². The molecule has 1 aromatic heterocycles. The highest BCUT2D eigenvalue weighted by Crippen LogP contribution is 2.20. The number of ether oxygens (including phenoxy) is 1. The number of fused-ring (bicyclic) bond motifs is 1.